The van der Waals surface area contributed by atoms with Gasteiger partial charge in [0.05, 0.1) is 19.1 Å². The quantitative estimate of drug-likeness (QED) is 0.561. The molecule has 1 atom stereocenters. The number of carboxylic acids is 1. The van der Waals surface area contributed by atoms with E-state index in [4.69, 9.17) is 14.6 Å². The van der Waals surface area contributed by atoms with Crippen molar-refractivity contribution in [2.24, 2.45) is 5.41 Å². The van der Waals surface area contributed by atoms with Gasteiger partial charge in [-0.3, -0.25) is 14.7 Å². The molecule has 11 heteroatoms. The second-order valence-corrected chi connectivity index (χ2v) is 10.6. The molecule has 2 aromatic rings. The summed E-state index contributed by atoms with van der Waals surface area (Å²) < 4.78 is 37.9. The van der Waals surface area contributed by atoms with Crippen LogP contribution in [0.15, 0.2) is 48.8 Å². The molecule has 2 saturated heterocycles. The van der Waals surface area contributed by atoms with Crippen LogP contribution in [0.2, 0.25) is 0 Å². The van der Waals surface area contributed by atoms with E-state index in [0.717, 1.165) is 63.3 Å². The molecule has 2 aliphatic heterocycles. The minimum atomic E-state index is -5.08. The van der Waals surface area contributed by atoms with Gasteiger partial charge >= 0.3 is 12.1 Å². The maximum absolute atomic E-state index is 12.8. The van der Waals surface area contributed by atoms with Gasteiger partial charge in [0, 0.05) is 58.4 Å². The fourth-order valence-electron chi connectivity index (χ4n) is 5.01. The largest absolute Gasteiger partial charge is 0.490 e. The van der Waals surface area contributed by atoms with Crippen LogP contribution in [0.4, 0.5) is 18.9 Å². The molecule has 0 saturated carbocycles. The van der Waals surface area contributed by atoms with Crippen LogP contribution in [-0.4, -0.2) is 91.4 Å². The molecule has 3 heterocycles. The van der Waals surface area contributed by atoms with Crippen molar-refractivity contribution >= 4 is 17.6 Å². The SMILES string of the molecule is CN(Cc1cccnc1)CC1CC2(CCN(C(=O)Cc3ccc(N(C)C)cc3)CC2)CO1.O=C(O)C(F)(F)F. The number of likely N-dealkylation sites (N-methyl/N-ethyl adjacent to an activating group) is 1. The van der Waals surface area contributed by atoms with Gasteiger partial charge in [-0.1, -0.05) is 18.2 Å². The molecular formula is C28H37F3N4O4. The Labute approximate surface area is 227 Å². The molecule has 1 amide bonds. The Kier molecular flexibility index (Phi) is 10.3. The summed E-state index contributed by atoms with van der Waals surface area (Å²) in [4.78, 5) is 32.4. The van der Waals surface area contributed by atoms with Crippen LogP contribution in [0, 0.1) is 5.41 Å². The summed E-state index contributed by atoms with van der Waals surface area (Å²) in [5.74, 6) is -2.52. The zero-order valence-electron chi connectivity index (χ0n) is 22.7. The Morgan fingerprint density at radius 3 is 2.28 bits per heavy atom. The lowest BCUT2D eigenvalue weighted by atomic mass is 9.76. The van der Waals surface area contributed by atoms with E-state index in [2.05, 4.69) is 52.2 Å². The Hall–Kier alpha value is -3.18. The van der Waals surface area contributed by atoms with Crippen molar-refractivity contribution in [2.75, 3.05) is 52.3 Å². The zero-order valence-corrected chi connectivity index (χ0v) is 22.7. The molecule has 8 nitrogen and oxygen atoms in total. The number of hydrogen-bond acceptors (Lipinski definition) is 6. The highest BCUT2D eigenvalue weighted by Gasteiger charge is 2.43. The first-order valence-electron chi connectivity index (χ1n) is 12.9. The van der Waals surface area contributed by atoms with Gasteiger partial charge in [-0.25, -0.2) is 4.79 Å². The first-order chi connectivity index (χ1) is 18.4. The van der Waals surface area contributed by atoms with Crippen molar-refractivity contribution in [2.45, 2.75) is 44.5 Å². The number of benzene rings is 1. The van der Waals surface area contributed by atoms with Crippen molar-refractivity contribution < 1.29 is 32.6 Å². The number of aliphatic carboxylic acids is 1. The third-order valence-electron chi connectivity index (χ3n) is 7.20. The molecule has 2 aliphatic rings. The molecule has 1 aromatic carbocycles. The van der Waals surface area contributed by atoms with E-state index >= 15 is 0 Å². The van der Waals surface area contributed by atoms with Gasteiger partial charge in [-0.15, -0.1) is 0 Å². The summed E-state index contributed by atoms with van der Waals surface area (Å²) in [6.45, 7) is 4.33. The number of pyridine rings is 1. The Morgan fingerprint density at radius 2 is 1.74 bits per heavy atom. The molecule has 1 N–H and O–H groups in total. The molecule has 2 fully saturated rings. The molecule has 1 unspecified atom stereocenters. The number of piperidine rings is 1. The number of ether oxygens (including phenoxy) is 1. The Bertz CT molecular complexity index is 1070. The van der Waals surface area contributed by atoms with Gasteiger partial charge in [0.15, 0.2) is 0 Å². The highest BCUT2D eigenvalue weighted by Crippen LogP contribution is 2.42. The first kappa shape index (κ1) is 30.4. The smallest absolute Gasteiger partial charge is 0.475 e. The lowest BCUT2D eigenvalue weighted by Crippen LogP contribution is -2.44. The summed E-state index contributed by atoms with van der Waals surface area (Å²) >= 11 is 0. The average molecular weight is 551 g/mol. The minimum Gasteiger partial charge on any atom is -0.475 e. The highest BCUT2D eigenvalue weighted by atomic mass is 19.4. The normalized spacial score (nSPS) is 18.5. The van der Waals surface area contributed by atoms with Crippen LogP contribution in [0.5, 0.6) is 0 Å². The summed E-state index contributed by atoms with van der Waals surface area (Å²) in [6, 6.07) is 12.4. The van der Waals surface area contributed by atoms with Crippen molar-refractivity contribution in [1.29, 1.82) is 0 Å². The minimum absolute atomic E-state index is 0.240. The fraction of sp³-hybridized carbons (Fsp3) is 0.536. The third kappa shape index (κ3) is 9.21. The van der Waals surface area contributed by atoms with E-state index in [0.29, 0.717) is 6.42 Å². The van der Waals surface area contributed by atoms with Gasteiger partial charge in [0.1, 0.15) is 0 Å². The van der Waals surface area contributed by atoms with Crippen molar-refractivity contribution in [1.82, 2.24) is 14.8 Å². The molecule has 4 rings (SSSR count). The average Bonchev–Trinajstić information content (AvgIpc) is 3.26. The van der Waals surface area contributed by atoms with E-state index < -0.39 is 12.1 Å². The van der Waals surface area contributed by atoms with Crippen LogP contribution in [0.25, 0.3) is 0 Å². The molecule has 0 bridgehead atoms. The van der Waals surface area contributed by atoms with Gasteiger partial charge in [0.2, 0.25) is 5.91 Å². The predicted molar refractivity (Wildman–Crippen MR) is 141 cm³/mol. The molecule has 0 radical (unpaired) electrons. The summed E-state index contributed by atoms with van der Waals surface area (Å²) in [5.41, 5.74) is 3.71. The van der Waals surface area contributed by atoms with Gasteiger partial charge < -0.3 is 19.6 Å². The Morgan fingerprint density at radius 1 is 1.10 bits per heavy atom. The number of carbonyl (C=O) groups is 2. The molecular weight excluding hydrogens is 513 g/mol. The monoisotopic (exact) mass is 550 g/mol. The standard InChI is InChI=1S/C26H36N4O2.C2HF3O2/c1-28(2)23-8-6-21(7-9-23)15-25(31)30-13-10-26(11-14-30)16-24(32-20-26)19-29(3)18-22-5-4-12-27-17-22;3-2(4,5)1(6)7/h4-9,12,17,24H,10-11,13-16,18-20H2,1-3H3;(H,6,7). The predicted octanol–water partition coefficient (Wildman–Crippen LogP) is 3.85. The van der Waals surface area contributed by atoms with Gasteiger partial charge in [0.25, 0.3) is 0 Å². The molecule has 39 heavy (non-hydrogen) atoms. The number of nitrogens with zero attached hydrogens (tertiary/aromatic N) is 4. The number of anilines is 1. The van der Waals surface area contributed by atoms with Crippen molar-refractivity contribution in [3.05, 3.63) is 59.9 Å². The number of rotatable bonds is 7. The molecule has 1 spiro atoms. The zero-order chi connectivity index (χ0) is 28.6. The van der Waals surface area contributed by atoms with Crippen LogP contribution in [0.1, 0.15) is 30.4 Å². The second-order valence-electron chi connectivity index (χ2n) is 10.6. The highest BCUT2D eigenvalue weighted by molar-refractivity contribution is 5.79. The van der Waals surface area contributed by atoms with Gasteiger partial charge in [-0.05, 0) is 61.1 Å². The van der Waals surface area contributed by atoms with E-state index in [1.54, 1.807) is 0 Å². The van der Waals surface area contributed by atoms with Crippen molar-refractivity contribution in [3.8, 4) is 0 Å². The summed E-state index contributed by atoms with van der Waals surface area (Å²) in [6.07, 6.45) is 2.59. The number of aromatic nitrogens is 1. The molecule has 1 aromatic heterocycles. The molecule has 0 aliphatic carbocycles. The van der Waals surface area contributed by atoms with Crippen LogP contribution < -0.4 is 4.90 Å². The van der Waals surface area contributed by atoms with Crippen LogP contribution in [0.3, 0.4) is 0 Å². The van der Waals surface area contributed by atoms with E-state index in [1.165, 1.54) is 5.56 Å². The van der Waals surface area contributed by atoms with Gasteiger partial charge in [-0.2, -0.15) is 13.2 Å². The van der Waals surface area contributed by atoms with E-state index in [1.807, 2.05) is 37.5 Å². The number of hydrogen-bond donors (Lipinski definition) is 1. The number of alkyl halides is 3. The van der Waals surface area contributed by atoms with E-state index in [-0.39, 0.29) is 17.4 Å². The van der Waals surface area contributed by atoms with Crippen LogP contribution in [-0.2, 0) is 27.3 Å². The lowest BCUT2D eigenvalue weighted by Gasteiger charge is -2.38. The summed E-state index contributed by atoms with van der Waals surface area (Å²) in [5, 5.41) is 7.12. The topological polar surface area (TPSA) is 86.2 Å². The van der Waals surface area contributed by atoms with E-state index in [9.17, 15) is 18.0 Å². The van der Waals surface area contributed by atoms with Crippen LogP contribution >= 0.6 is 0 Å². The first-order valence-corrected chi connectivity index (χ1v) is 12.9. The summed E-state index contributed by atoms with van der Waals surface area (Å²) in [7, 11) is 6.20. The lowest BCUT2D eigenvalue weighted by molar-refractivity contribution is -0.192. The van der Waals surface area contributed by atoms with Crippen molar-refractivity contribution in [3.63, 3.8) is 0 Å². The maximum Gasteiger partial charge on any atom is 0.490 e. The number of likely N-dealkylation sites (tertiary alicyclic amines) is 1. The number of carbonyl (C=O) groups excluding carboxylic acids is 1. The number of amides is 1. The number of carboxylic acid groups (broad SMARTS) is 1. The second kappa shape index (κ2) is 13.3. The molecule has 214 valence electrons. The fourth-order valence-corrected chi connectivity index (χ4v) is 5.01. The Balaban J connectivity index is 0.000000532. The third-order valence-corrected chi connectivity index (χ3v) is 7.20. The number of halogens is 3. The maximum atomic E-state index is 12.8.